The summed E-state index contributed by atoms with van der Waals surface area (Å²) >= 11 is 1.62. The highest BCUT2D eigenvalue weighted by Gasteiger charge is 2.09. The second-order valence-corrected chi connectivity index (χ2v) is 4.85. The van der Waals surface area contributed by atoms with Gasteiger partial charge in [0.15, 0.2) is 5.78 Å². The molecule has 0 aliphatic carbocycles. The molecule has 0 bridgehead atoms. The van der Waals surface area contributed by atoms with Gasteiger partial charge in [0.2, 0.25) is 0 Å². The highest BCUT2D eigenvalue weighted by atomic mass is 32.1. The van der Waals surface area contributed by atoms with Crippen molar-refractivity contribution < 1.29 is 4.79 Å². The van der Waals surface area contributed by atoms with Gasteiger partial charge in [0.1, 0.15) is 0 Å². The maximum absolute atomic E-state index is 12.0. The minimum atomic E-state index is 0.163. The Morgan fingerprint density at radius 2 is 2.00 bits per heavy atom. The molecule has 2 nitrogen and oxygen atoms in total. The Hall–Kier alpha value is -1.48. The Kier molecular flexibility index (Phi) is 3.15. The molecule has 0 unspecified atom stereocenters. The monoisotopic (exact) mass is 231 g/mol. The smallest absolute Gasteiger partial charge is 0.168 e. The van der Waals surface area contributed by atoms with Gasteiger partial charge in [-0.2, -0.15) is 0 Å². The molecule has 3 heteroatoms. The summed E-state index contributed by atoms with van der Waals surface area (Å²) in [5, 5.41) is 1.99. The van der Waals surface area contributed by atoms with Crippen molar-refractivity contribution in [3.05, 3.63) is 51.5 Å². The predicted molar refractivity (Wildman–Crippen MR) is 66.1 cm³/mol. The van der Waals surface area contributed by atoms with Crippen molar-refractivity contribution in [1.29, 1.82) is 0 Å². The number of hydrogen-bond acceptors (Lipinski definition) is 3. The lowest BCUT2D eigenvalue weighted by Crippen LogP contribution is -2.04. The Morgan fingerprint density at radius 1 is 1.31 bits per heavy atom. The molecule has 0 radical (unpaired) electrons. The molecular weight excluding hydrogens is 218 g/mol. The van der Waals surface area contributed by atoms with Gasteiger partial charge in [-0.25, -0.2) is 0 Å². The zero-order valence-corrected chi connectivity index (χ0v) is 10.2. The number of carbonyl (C=O) groups is 1. The van der Waals surface area contributed by atoms with Crippen LogP contribution in [0.5, 0.6) is 0 Å². The van der Waals surface area contributed by atoms with Gasteiger partial charge in [-0.1, -0.05) is 6.07 Å². The molecule has 82 valence electrons. The van der Waals surface area contributed by atoms with E-state index in [1.165, 1.54) is 0 Å². The lowest BCUT2D eigenvalue weighted by Gasteiger charge is -2.02. The van der Waals surface area contributed by atoms with Crippen molar-refractivity contribution in [3.8, 4) is 0 Å². The third-order valence-electron chi connectivity index (χ3n) is 2.32. The van der Waals surface area contributed by atoms with E-state index in [0.717, 1.165) is 21.8 Å². The summed E-state index contributed by atoms with van der Waals surface area (Å²) in [6.45, 7) is 3.82. The van der Waals surface area contributed by atoms with E-state index in [4.69, 9.17) is 0 Å². The normalized spacial score (nSPS) is 10.4. The zero-order valence-electron chi connectivity index (χ0n) is 9.36. The van der Waals surface area contributed by atoms with Crippen LogP contribution in [0.15, 0.2) is 29.6 Å². The fourth-order valence-corrected chi connectivity index (χ4v) is 2.37. The van der Waals surface area contributed by atoms with Crippen molar-refractivity contribution >= 4 is 17.1 Å². The number of carbonyl (C=O) groups excluding carboxylic acids is 1. The van der Waals surface area contributed by atoms with Crippen LogP contribution in [-0.2, 0) is 6.42 Å². The fraction of sp³-hybridized carbons (Fsp3) is 0.231. The molecule has 2 heterocycles. The third kappa shape index (κ3) is 2.55. The van der Waals surface area contributed by atoms with Crippen LogP contribution >= 0.6 is 11.3 Å². The SMILES string of the molecule is Cc1cc(C(=O)Cc2cccs2)cc(C)n1. The molecule has 2 rings (SSSR count). The van der Waals surface area contributed by atoms with Gasteiger partial charge >= 0.3 is 0 Å². The molecular formula is C13H13NOS. The molecule has 0 fully saturated rings. The first-order chi connectivity index (χ1) is 7.65. The summed E-state index contributed by atoms with van der Waals surface area (Å²) in [5.41, 5.74) is 2.56. The second-order valence-electron chi connectivity index (χ2n) is 3.82. The molecule has 2 aromatic rings. The van der Waals surface area contributed by atoms with Crippen LogP contribution in [0, 0.1) is 13.8 Å². The van der Waals surface area contributed by atoms with E-state index < -0.39 is 0 Å². The third-order valence-corrected chi connectivity index (χ3v) is 3.19. The number of hydrogen-bond donors (Lipinski definition) is 0. The van der Waals surface area contributed by atoms with Crippen molar-refractivity contribution in [2.24, 2.45) is 0 Å². The minimum Gasteiger partial charge on any atom is -0.294 e. The molecule has 0 amide bonds. The van der Waals surface area contributed by atoms with Crippen LogP contribution in [-0.4, -0.2) is 10.8 Å². The first kappa shape index (κ1) is 11.0. The number of nitrogens with zero attached hydrogens (tertiary/aromatic N) is 1. The summed E-state index contributed by atoms with van der Waals surface area (Å²) in [7, 11) is 0. The van der Waals surface area contributed by atoms with E-state index in [-0.39, 0.29) is 5.78 Å². The lowest BCUT2D eigenvalue weighted by molar-refractivity contribution is 0.0993. The molecule has 0 N–H and O–H groups in total. The van der Waals surface area contributed by atoms with E-state index in [0.29, 0.717) is 6.42 Å². The van der Waals surface area contributed by atoms with Crippen molar-refractivity contribution in [2.45, 2.75) is 20.3 Å². The van der Waals surface area contributed by atoms with E-state index in [2.05, 4.69) is 4.98 Å². The van der Waals surface area contributed by atoms with Crippen LogP contribution in [0.4, 0.5) is 0 Å². The van der Waals surface area contributed by atoms with E-state index in [1.807, 2.05) is 43.5 Å². The first-order valence-electron chi connectivity index (χ1n) is 5.16. The van der Waals surface area contributed by atoms with Crippen LogP contribution in [0.2, 0.25) is 0 Å². The number of thiophene rings is 1. The van der Waals surface area contributed by atoms with Crippen molar-refractivity contribution in [1.82, 2.24) is 4.98 Å². The quantitative estimate of drug-likeness (QED) is 0.759. The number of pyridine rings is 1. The number of ketones is 1. The Bertz CT molecular complexity index is 482. The summed E-state index contributed by atoms with van der Waals surface area (Å²) in [6, 6.07) is 7.66. The van der Waals surface area contributed by atoms with Gasteiger partial charge in [0.05, 0.1) is 0 Å². The van der Waals surface area contributed by atoms with E-state index in [9.17, 15) is 4.79 Å². The minimum absolute atomic E-state index is 0.163. The molecule has 0 atom stereocenters. The summed E-state index contributed by atoms with van der Waals surface area (Å²) in [6.07, 6.45) is 0.487. The molecule has 2 aromatic heterocycles. The lowest BCUT2D eigenvalue weighted by atomic mass is 10.1. The number of aryl methyl sites for hydroxylation is 2. The number of Topliss-reactive ketones (excluding diaryl/α,β-unsaturated/α-hetero) is 1. The zero-order chi connectivity index (χ0) is 11.5. The average molecular weight is 231 g/mol. The van der Waals surface area contributed by atoms with Gasteiger partial charge in [0, 0.05) is 28.2 Å². The first-order valence-corrected chi connectivity index (χ1v) is 6.04. The predicted octanol–water partition coefficient (Wildman–Crippen LogP) is 3.19. The topological polar surface area (TPSA) is 30.0 Å². The van der Waals surface area contributed by atoms with Crippen molar-refractivity contribution in [2.75, 3.05) is 0 Å². The van der Waals surface area contributed by atoms with Crippen molar-refractivity contribution in [3.63, 3.8) is 0 Å². The summed E-state index contributed by atoms with van der Waals surface area (Å²) in [5.74, 6) is 0.163. The standard InChI is InChI=1S/C13H13NOS/c1-9-6-11(7-10(2)14-9)13(15)8-12-4-3-5-16-12/h3-7H,8H2,1-2H3. The van der Waals surface area contributed by atoms with Gasteiger partial charge in [-0.15, -0.1) is 11.3 Å². The van der Waals surface area contributed by atoms with Crippen LogP contribution in [0.25, 0.3) is 0 Å². The Balaban J connectivity index is 2.21. The van der Waals surface area contributed by atoms with Gasteiger partial charge in [-0.05, 0) is 37.4 Å². The Labute approximate surface area is 99.0 Å². The maximum atomic E-state index is 12.0. The molecule has 0 saturated heterocycles. The average Bonchev–Trinajstić information content (AvgIpc) is 2.68. The molecule has 0 saturated carbocycles. The highest BCUT2D eigenvalue weighted by molar-refractivity contribution is 7.10. The molecule has 0 spiro atoms. The van der Waals surface area contributed by atoms with Crippen LogP contribution in [0.1, 0.15) is 26.6 Å². The molecule has 0 aromatic carbocycles. The van der Waals surface area contributed by atoms with E-state index in [1.54, 1.807) is 11.3 Å². The number of rotatable bonds is 3. The largest absolute Gasteiger partial charge is 0.294 e. The fourth-order valence-electron chi connectivity index (χ4n) is 1.67. The summed E-state index contributed by atoms with van der Waals surface area (Å²) < 4.78 is 0. The van der Waals surface area contributed by atoms with Crippen LogP contribution in [0.3, 0.4) is 0 Å². The molecule has 0 aliphatic heterocycles. The van der Waals surface area contributed by atoms with Gasteiger partial charge < -0.3 is 0 Å². The van der Waals surface area contributed by atoms with Gasteiger partial charge in [-0.3, -0.25) is 9.78 Å². The number of aromatic nitrogens is 1. The van der Waals surface area contributed by atoms with Crippen LogP contribution < -0.4 is 0 Å². The highest BCUT2D eigenvalue weighted by Crippen LogP contribution is 2.13. The molecule has 0 aliphatic rings. The maximum Gasteiger partial charge on any atom is 0.168 e. The Morgan fingerprint density at radius 3 is 2.56 bits per heavy atom. The van der Waals surface area contributed by atoms with Gasteiger partial charge in [0.25, 0.3) is 0 Å². The second kappa shape index (κ2) is 4.58. The summed E-state index contributed by atoms with van der Waals surface area (Å²) in [4.78, 5) is 17.4. The van der Waals surface area contributed by atoms with E-state index >= 15 is 0 Å². The molecule has 16 heavy (non-hydrogen) atoms.